The van der Waals surface area contributed by atoms with E-state index >= 15 is 0 Å². The number of carbonyl (C=O) groups excluding carboxylic acids is 2. The number of likely N-dealkylation sites (N-methyl/N-ethyl adjacent to an activating group) is 1. The molecule has 1 aliphatic carbocycles. The largest absolute Gasteiger partial charge is 0.490 e. The molecular weight excluding hydrogens is 478 g/mol. The molecule has 0 bridgehead atoms. The number of hydrogen-bond acceptors (Lipinski definition) is 5. The second kappa shape index (κ2) is 11.5. The molecule has 6 nitrogen and oxygen atoms in total. The van der Waals surface area contributed by atoms with E-state index in [1.165, 1.54) is 4.90 Å². The van der Waals surface area contributed by atoms with Gasteiger partial charge in [0, 0.05) is 19.4 Å². The van der Waals surface area contributed by atoms with Crippen molar-refractivity contribution in [2.75, 3.05) is 20.3 Å². The molecule has 0 radical (unpaired) electrons. The first-order valence-electron chi connectivity index (χ1n) is 12.8. The highest BCUT2D eigenvalue weighted by molar-refractivity contribution is 5.82. The standard InChI is InChI=1S/C32H35NO5/c1-6-19-36-23-17-15-22(16-18-23)20-29(30(34)38-32(2,3)4)33(5)31(35)37-21-28-26-13-9-7-11-24(26)25-12-8-10-14-27(25)28/h6-18,28-29H,1,19-21H2,2-5H3. The van der Waals surface area contributed by atoms with Crippen molar-refractivity contribution in [3.05, 3.63) is 102 Å². The number of carbonyl (C=O) groups is 2. The molecule has 4 rings (SSSR count). The van der Waals surface area contributed by atoms with E-state index in [4.69, 9.17) is 14.2 Å². The Kier molecular flexibility index (Phi) is 8.20. The van der Waals surface area contributed by atoms with Crippen molar-refractivity contribution in [1.29, 1.82) is 0 Å². The summed E-state index contributed by atoms with van der Waals surface area (Å²) in [7, 11) is 1.58. The van der Waals surface area contributed by atoms with E-state index in [-0.39, 0.29) is 18.9 Å². The highest BCUT2D eigenvalue weighted by atomic mass is 16.6. The van der Waals surface area contributed by atoms with E-state index < -0.39 is 23.7 Å². The molecule has 3 aromatic rings. The van der Waals surface area contributed by atoms with Gasteiger partial charge in [0.25, 0.3) is 0 Å². The van der Waals surface area contributed by atoms with Crippen LogP contribution in [0.2, 0.25) is 0 Å². The normalized spacial score (nSPS) is 13.2. The maximum Gasteiger partial charge on any atom is 0.410 e. The number of benzene rings is 3. The molecule has 38 heavy (non-hydrogen) atoms. The maximum atomic E-state index is 13.3. The molecule has 0 saturated carbocycles. The topological polar surface area (TPSA) is 65.1 Å². The smallest absolute Gasteiger partial charge is 0.410 e. The lowest BCUT2D eigenvalue weighted by atomic mass is 9.98. The molecule has 0 heterocycles. The SMILES string of the molecule is C=CCOc1ccc(CC(C(=O)OC(C)(C)C)N(C)C(=O)OCC2c3ccccc3-c3ccccc32)cc1. The van der Waals surface area contributed by atoms with E-state index in [1.54, 1.807) is 33.9 Å². The van der Waals surface area contributed by atoms with Crippen LogP contribution < -0.4 is 4.74 Å². The summed E-state index contributed by atoms with van der Waals surface area (Å²) in [4.78, 5) is 27.8. The van der Waals surface area contributed by atoms with Crippen LogP contribution in [0.5, 0.6) is 5.75 Å². The van der Waals surface area contributed by atoms with Gasteiger partial charge >= 0.3 is 12.1 Å². The van der Waals surface area contributed by atoms with Gasteiger partial charge in [-0.1, -0.05) is 73.3 Å². The summed E-state index contributed by atoms with van der Waals surface area (Å²) in [6.07, 6.45) is 1.38. The monoisotopic (exact) mass is 513 g/mol. The lowest BCUT2D eigenvalue weighted by Crippen LogP contribution is -2.47. The van der Waals surface area contributed by atoms with E-state index in [0.717, 1.165) is 27.8 Å². The van der Waals surface area contributed by atoms with Crippen LogP contribution in [0, 0.1) is 0 Å². The molecule has 1 atom stereocenters. The molecule has 0 aliphatic heterocycles. The summed E-state index contributed by atoms with van der Waals surface area (Å²) in [5.41, 5.74) is 4.75. The van der Waals surface area contributed by atoms with Gasteiger partial charge in [-0.25, -0.2) is 9.59 Å². The van der Waals surface area contributed by atoms with Gasteiger partial charge in [-0.3, -0.25) is 4.90 Å². The van der Waals surface area contributed by atoms with Crippen LogP contribution in [0.3, 0.4) is 0 Å². The zero-order chi connectivity index (χ0) is 27.3. The zero-order valence-electron chi connectivity index (χ0n) is 22.5. The summed E-state index contributed by atoms with van der Waals surface area (Å²) >= 11 is 0. The summed E-state index contributed by atoms with van der Waals surface area (Å²) in [6, 6.07) is 22.9. The van der Waals surface area contributed by atoms with E-state index in [1.807, 2.05) is 48.5 Å². The average molecular weight is 514 g/mol. The highest BCUT2D eigenvalue weighted by Gasteiger charge is 2.34. The van der Waals surface area contributed by atoms with Crippen molar-refractivity contribution in [1.82, 2.24) is 4.90 Å². The molecule has 1 aliphatic rings. The van der Waals surface area contributed by atoms with Gasteiger partial charge in [-0.2, -0.15) is 0 Å². The van der Waals surface area contributed by atoms with Gasteiger partial charge in [0.2, 0.25) is 0 Å². The first-order chi connectivity index (χ1) is 18.2. The van der Waals surface area contributed by atoms with Crippen molar-refractivity contribution in [2.45, 2.75) is 44.8 Å². The Hall–Kier alpha value is -4.06. The molecule has 0 spiro atoms. The Morgan fingerprint density at radius 2 is 1.53 bits per heavy atom. The van der Waals surface area contributed by atoms with Crippen LogP contribution in [0.1, 0.15) is 43.4 Å². The van der Waals surface area contributed by atoms with Gasteiger partial charge in [0.1, 0.15) is 30.6 Å². The van der Waals surface area contributed by atoms with Crippen LogP contribution >= 0.6 is 0 Å². The molecule has 1 unspecified atom stereocenters. The third-order valence-corrected chi connectivity index (χ3v) is 6.49. The molecule has 1 amide bonds. The molecule has 6 heteroatoms. The summed E-state index contributed by atoms with van der Waals surface area (Å²) in [5.74, 6) is 0.149. The second-order valence-corrected chi connectivity index (χ2v) is 10.4. The Labute approximate surface area is 224 Å². The van der Waals surface area contributed by atoms with Crippen molar-refractivity contribution >= 4 is 12.1 Å². The van der Waals surface area contributed by atoms with Gasteiger partial charge in [0.15, 0.2) is 0 Å². The van der Waals surface area contributed by atoms with E-state index in [9.17, 15) is 9.59 Å². The van der Waals surface area contributed by atoms with E-state index in [2.05, 4.69) is 30.8 Å². The Balaban J connectivity index is 1.49. The summed E-state index contributed by atoms with van der Waals surface area (Å²) < 4.78 is 17.0. The first-order valence-corrected chi connectivity index (χ1v) is 12.8. The maximum absolute atomic E-state index is 13.3. The van der Waals surface area contributed by atoms with Crippen molar-refractivity contribution in [2.24, 2.45) is 0 Å². The summed E-state index contributed by atoms with van der Waals surface area (Å²) in [5, 5.41) is 0. The van der Waals surface area contributed by atoms with Crippen LogP contribution in [0.4, 0.5) is 4.79 Å². The number of ether oxygens (including phenoxy) is 3. The van der Waals surface area contributed by atoms with Crippen LogP contribution in [0.15, 0.2) is 85.5 Å². The molecule has 0 saturated heterocycles. The molecular formula is C32H35NO5. The quantitative estimate of drug-likeness (QED) is 0.245. The fourth-order valence-electron chi connectivity index (χ4n) is 4.67. The van der Waals surface area contributed by atoms with Gasteiger partial charge in [-0.05, 0) is 60.7 Å². The van der Waals surface area contributed by atoms with Crippen LogP contribution in [-0.2, 0) is 20.7 Å². The minimum absolute atomic E-state index is 0.0668. The third-order valence-electron chi connectivity index (χ3n) is 6.49. The lowest BCUT2D eigenvalue weighted by molar-refractivity contribution is -0.160. The van der Waals surface area contributed by atoms with Gasteiger partial charge in [-0.15, -0.1) is 0 Å². The first kappa shape index (κ1) is 27.0. The highest BCUT2D eigenvalue weighted by Crippen LogP contribution is 2.44. The fourth-order valence-corrected chi connectivity index (χ4v) is 4.67. The van der Waals surface area contributed by atoms with E-state index in [0.29, 0.717) is 12.4 Å². The number of amides is 1. The molecule has 3 aromatic carbocycles. The average Bonchev–Trinajstić information content (AvgIpc) is 3.22. The van der Waals surface area contributed by atoms with Crippen molar-refractivity contribution in [3.63, 3.8) is 0 Å². The van der Waals surface area contributed by atoms with Crippen LogP contribution in [0.25, 0.3) is 11.1 Å². The Morgan fingerprint density at radius 3 is 2.08 bits per heavy atom. The third kappa shape index (κ3) is 6.25. The lowest BCUT2D eigenvalue weighted by Gasteiger charge is -2.30. The van der Waals surface area contributed by atoms with Crippen molar-refractivity contribution in [3.8, 4) is 16.9 Å². The number of rotatable bonds is 9. The predicted molar refractivity (Wildman–Crippen MR) is 148 cm³/mol. The summed E-state index contributed by atoms with van der Waals surface area (Å²) in [6.45, 7) is 9.65. The Bertz CT molecular complexity index is 1250. The van der Waals surface area contributed by atoms with Crippen LogP contribution in [-0.4, -0.2) is 48.9 Å². The minimum atomic E-state index is -0.857. The number of fused-ring (bicyclic) bond motifs is 3. The molecule has 0 fully saturated rings. The zero-order valence-corrected chi connectivity index (χ0v) is 22.5. The minimum Gasteiger partial charge on any atom is -0.490 e. The fraction of sp³-hybridized carbons (Fsp3) is 0.312. The van der Waals surface area contributed by atoms with Gasteiger partial charge in [0.05, 0.1) is 0 Å². The Morgan fingerprint density at radius 1 is 0.947 bits per heavy atom. The predicted octanol–water partition coefficient (Wildman–Crippen LogP) is 6.39. The molecule has 0 N–H and O–H groups in total. The molecule has 198 valence electrons. The number of esters is 1. The number of hydrogen-bond donors (Lipinski definition) is 0. The van der Waals surface area contributed by atoms with Gasteiger partial charge < -0.3 is 14.2 Å². The number of nitrogens with zero attached hydrogens (tertiary/aromatic N) is 1. The second-order valence-electron chi connectivity index (χ2n) is 10.4. The molecule has 0 aromatic heterocycles. The van der Waals surface area contributed by atoms with Crippen molar-refractivity contribution < 1.29 is 23.8 Å².